The lowest BCUT2D eigenvalue weighted by molar-refractivity contribution is 1.54. The van der Waals surface area contributed by atoms with Crippen molar-refractivity contribution in [3.05, 3.63) is 48.5 Å². The number of para-hydroxylation sites is 2. The second-order valence-electron chi connectivity index (χ2n) is 3.41. The van der Waals surface area contributed by atoms with Crippen LogP contribution >= 0.6 is 0 Å². The normalized spacial score (nSPS) is 12.3. The van der Waals surface area contributed by atoms with Crippen LogP contribution in [0.1, 0.15) is 0 Å². The first kappa shape index (κ1) is 8.24. The molecular weight excluding hydrogens is 184 g/mol. The van der Waals surface area contributed by atoms with Crippen LogP contribution in [-0.4, -0.2) is 6.34 Å². The lowest BCUT2D eigenvalue weighted by atomic mass is 10.0. The predicted octanol–water partition coefficient (Wildman–Crippen LogP) is 3.32. The summed E-state index contributed by atoms with van der Waals surface area (Å²) in [6.07, 6.45) is 2.83. The van der Waals surface area contributed by atoms with Gasteiger partial charge in [0.15, 0.2) is 6.34 Å². The van der Waals surface area contributed by atoms with Crippen molar-refractivity contribution in [2.75, 3.05) is 5.32 Å². The maximum Gasteiger partial charge on any atom is 0.174 e. The van der Waals surface area contributed by atoms with Gasteiger partial charge in [0.1, 0.15) is 0 Å². The lowest BCUT2D eigenvalue weighted by Gasteiger charge is -2.06. The number of benzene rings is 2. The van der Waals surface area contributed by atoms with Crippen molar-refractivity contribution in [2.45, 2.75) is 0 Å². The van der Waals surface area contributed by atoms with Crippen molar-refractivity contribution >= 4 is 17.7 Å². The van der Waals surface area contributed by atoms with Gasteiger partial charge in [-0.2, -0.15) is 0 Å². The van der Waals surface area contributed by atoms with Gasteiger partial charge in [-0.1, -0.05) is 36.4 Å². The zero-order valence-corrected chi connectivity index (χ0v) is 8.07. The van der Waals surface area contributed by atoms with Gasteiger partial charge < -0.3 is 5.32 Å². The molecule has 1 aliphatic heterocycles. The Morgan fingerprint density at radius 1 is 0.867 bits per heavy atom. The van der Waals surface area contributed by atoms with Gasteiger partial charge in [0.25, 0.3) is 0 Å². The Hall–Kier alpha value is -2.09. The molecule has 2 heteroatoms. The topological polar surface area (TPSA) is 24.4 Å². The number of hydrogen-bond acceptors (Lipinski definition) is 2. The summed E-state index contributed by atoms with van der Waals surface area (Å²) >= 11 is 0. The molecule has 2 aromatic carbocycles. The van der Waals surface area contributed by atoms with Crippen molar-refractivity contribution in [1.29, 1.82) is 0 Å². The minimum Gasteiger partial charge on any atom is -0.337 e. The summed E-state index contributed by atoms with van der Waals surface area (Å²) in [5.74, 6) is 0. The van der Waals surface area contributed by atoms with Crippen molar-refractivity contribution < 1.29 is 0 Å². The number of aliphatic imine (C=N–C) groups is 1. The van der Waals surface area contributed by atoms with Crippen molar-refractivity contribution in [2.24, 2.45) is 4.99 Å². The van der Waals surface area contributed by atoms with E-state index in [1.54, 1.807) is 0 Å². The van der Waals surface area contributed by atoms with E-state index in [1.165, 1.54) is 5.56 Å². The van der Waals surface area contributed by atoms with E-state index < -0.39 is 0 Å². The van der Waals surface area contributed by atoms with E-state index in [-0.39, 0.29) is 0 Å². The number of nitrogens with zero attached hydrogens (tertiary/aromatic N) is 1. The minimum atomic E-state index is 0.954. The third kappa shape index (κ3) is 1.31. The molecule has 0 amide bonds. The van der Waals surface area contributed by atoms with Crippen LogP contribution in [0.25, 0.3) is 11.1 Å². The van der Waals surface area contributed by atoms with Crippen LogP contribution in [0.3, 0.4) is 0 Å². The first-order chi connectivity index (χ1) is 7.45. The Labute approximate surface area is 88.3 Å². The molecule has 0 aromatic heterocycles. The molecular formula is C13H9N2. The highest BCUT2D eigenvalue weighted by Crippen LogP contribution is 2.36. The number of hydrogen-bond donors (Lipinski definition) is 1. The highest BCUT2D eigenvalue weighted by Gasteiger charge is 2.10. The summed E-state index contributed by atoms with van der Waals surface area (Å²) in [4.78, 5) is 4.24. The molecule has 0 fully saturated rings. The second-order valence-corrected chi connectivity index (χ2v) is 3.41. The van der Waals surface area contributed by atoms with Crippen LogP contribution in [0.15, 0.2) is 53.5 Å². The molecule has 0 bridgehead atoms. The Morgan fingerprint density at radius 3 is 2.53 bits per heavy atom. The Bertz CT molecular complexity index is 530. The van der Waals surface area contributed by atoms with Crippen LogP contribution in [0.4, 0.5) is 11.4 Å². The monoisotopic (exact) mass is 193 g/mol. The number of fused-ring (bicyclic) bond motifs is 3. The fourth-order valence-electron chi connectivity index (χ4n) is 1.77. The Balaban J connectivity index is 2.33. The van der Waals surface area contributed by atoms with Crippen LogP contribution in [0, 0.1) is 0 Å². The van der Waals surface area contributed by atoms with Gasteiger partial charge in [0.05, 0.1) is 5.69 Å². The molecule has 0 spiro atoms. The zero-order chi connectivity index (χ0) is 10.1. The first-order valence-corrected chi connectivity index (χ1v) is 4.85. The molecule has 2 aromatic rings. The molecule has 0 unspecified atom stereocenters. The fourth-order valence-corrected chi connectivity index (χ4v) is 1.77. The van der Waals surface area contributed by atoms with Gasteiger partial charge in [0, 0.05) is 16.8 Å². The van der Waals surface area contributed by atoms with E-state index in [1.807, 2.05) is 36.4 Å². The van der Waals surface area contributed by atoms with Gasteiger partial charge in [-0.15, -0.1) is 0 Å². The summed E-state index contributed by atoms with van der Waals surface area (Å²) in [5.41, 5.74) is 4.31. The number of anilines is 1. The van der Waals surface area contributed by atoms with Gasteiger partial charge in [-0.05, 0) is 12.1 Å². The van der Waals surface area contributed by atoms with Gasteiger partial charge >= 0.3 is 0 Å². The molecule has 1 radical (unpaired) electrons. The van der Waals surface area contributed by atoms with Crippen LogP contribution in [0.2, 0.25) is 0 Å². The van der Waals surface area contributed by atoms with Crippen LogP contribution in [0.5, 0.6) is 0 Å². The van der Waals surface area contributed by atoms with E-state index in [0.717, 1.165) is 16.9 Å². The van der Waals surface area contributed by atoms with E-state index in [0.29, 0.717) is 0 Å². The summed E-state index contributed by atoms with van der Waals surface area (Å²) < 4.78 is 0. The summed E-state index contributed by atoms with van der Waals surface area (Å²) in [5, 5.41) is 3.06. The van der Waals surface area contributed by atoms with Crippen LogP contribution < -0.4 is 5.32 Å². The maximum absolute atomic E-state index is 4.24. The fraction of sp³-hybridized carbons (Fsp3) is 0. The molecule has 0 saturated heterocycles. The molecule has 1 heterocycles. The van der Waals surface area contributed by atoms with E-state index in [2.05, 4.69) is 28.8 Å². The molecule has 0 aliphatic carbocycles. The molecule has 0 saturated carbocycles. The third-order valence-corrected chi connectivity index (χ3v) is 2.49. The third-order valence-electron chi connectivity index (χ3n) is 2.49. The zero-order valence-electron chi connectivity index (χ0n) is 8.07. The van der Waals surface area contributed by atoms with Gasteiger partial charge in [-0.25, -0.2) is 4.99 Å². The summed E-state index contributed by atoms with van der Waals surface area (Å²) in [6.45, 7) is 0. The molecule has 1 N–H and O–H groups in total. The SMILES string of the molecule is [C]1=Nc2ccccc2-c2ccccc2N1. The molecule has 2 nitrogen and oxygen atoms in total. The Kier molecular flexibility index (Phi) is 1.78. The first-order valence-electron chi connectivity index (χ1n) is 4.85. The van der Waals surface area contributed by atoms with Crippen molar-refractivity contribution in [3.63, 3.8) is 0 Å². The number of nitrogens with one attached hydrogen (secondary N) is 1. The van der Waals surface area contributed by atoms with Crippen molar-refractivity contribution in [1.82, 2.24) is 0 Å². The van der Waals surface area contributed by atoms with Gasteiger partial charge in [0.2, 0.25) is 0 Å². The largest absolute Gasteiger partial charge is 0.337 e. The van der Waals surface area contributed by atoms with Crippen LogP contribution in [-0.2, 0) is 0 Å². The van der Waals surface area contributed by atoms with E-state index in [4.69, 9.17) is 0 Å². The standard InChI is InChI=1S/C13H9N2/c1-3-7-12-10(5-1)11-6-2-4-8-13(11)15-9-14-12/h1-8H,(H,14,15). The molecule has 3 rings (SSSR count). The molecule has 15 heavy (non-hydrogen) atoms. The molecule has 1 aliphatic rings. The van der Waals surface area contributed by atoms with Crippen molar-refractivity contribution in [3.8, 4) is 11.1 Å². The Morgan fingerprint density at radius 2 is 1.60 bits per heavy atom. The second kappa shape index (κ2) is 3.24. The molecule has 71 valence electrons. The highest BCUT2D eigenvalue weighted by molar-refractivity contribution is 5.94. The van der Waals surface area contributed by atoms with E-state index >= 15 is 0 Å². The average molecular weight is 193 g/mol. The quantitative estimate of drug-likeness (QED) is 0.682. The van der Waals surface area contributed by atoms with E-state index in [9.17, 15) is 0 Å². The minimum absolute atomic E-state index is 0.954. The maximum atomic E-state index is 4.24. The van der Waals surface area contributed by atoms with Gasteiger partial charge in [-0.3, -0.25) is 0 Å². The lowest BCUT2D eigenvalue weighted by Crippen LogP contribution is -1.93. The smallest absolute Gasteiger partial charge is 0.174 e. The molecule has 0 atom stereocenters. The summed E-state index contributed by atoms with van der Waals surface area (Å²) in [6, 6.07) is 16.2. The summed E-state index contributed by atoms with van der Waals surface area (Å²) in [7, 11) is 0. The number of rotatable bonds is 0. The highest BCUT2D eigenvalue weighted by atomic mass is 15.0. The predicted molar refractivity (Wildman–Crippen MR) is 62.6 cm³/mol. The average Bonchev–Trinajstić information content (AvgIpc) is 2.48.